The van der Waals surface area contributed by atoms with Gasteiger partial charge in [0, 0.05) is 51.4 Å². The molecule has 2 amide bonds. The fourth-order valence-corrected chi connectivity index (χ4v) is 8.63. The predicted molar refractivity (Wildman–Crippen MR) is 262 cm³/mol. The SMILES string of the molecule is [CH]CCCCCCCCCN(CCCCCCCCC[CH])C(=O)CCCCCN(CCCl)CCCCCC(=O)N(CCCCCCCCC[CH])CCCCCCCCC[CH]. The van der Waals surface area contributed by atoms with E-state index in [2.05, 4.69) is 14.7 Å². The summed E-state index contributed by atoms with van der Waals surface area (Å²) in [5.41, 5.74) is 0. The van der Waals surface area contributed by atoms with Crippen LogP contribution < -0.4 is 0 Å². The Labute approximate surface area is 382 Å². The van der Waals surface area contributed by atoms with E-state index in [1.807, 2.05) is 0 Å². The quantitative estimate of drug-likeness (QED) is 0.0452. The smallest absolute Gasteiger partial charge is 0.222 e. The van der Waals surface area contributed by atoms with Gasteiger partial charge in [0.2, 0.25) is 11.8 Å². The molecule has 5 nitrogen and oxygen atoms in total. The number of amides is 2. The van der Waals surface area contributed by atoms with Crippen LogP contribution in [0, 0.1) is 27.7 Å². The van der Waals surface area contributed by atoms with E-state index in [9.17, 15) is 9.59 Å². The summed E-state index contributed by atoms with van der Waals surface area (Å²) in [7, 11) is 0. The second kappa shape index (κ2) is 49.2. The Bertz CT molecular complexity index is 766. The van der Waals surface area contributed by atoms with E-state index in [0.29, 0.717) is 30.5 Å². The van der Waals surface area contributed by atoms with Gasteiger partial charge in [-0.2, -0.15) is 0 Å². The molecule has 0 N–H and O–H groups in total. The highest BCUT2D eigenvalue weighted by Crippen LogP contribution is 2.16. The van der Waals surface area contributed by atoms with Gasteiger partial charge >= 0.3 is 0 Å². The van der Waals surface area contributed by atoms with E-state index < -0.39 is 0 Å². The minimum absolute atomic E-state index is 0.356. The molecule has 8 radical (unpaired) electrons. The van der Waals surface area contributed by atoms with Gasteiger partial charge in [0.15, 0.2) is 0 Å². The third-order valence-corrected chi connectivity index (χ3v) is 12.5. The van der Waals surface area contributed by atoms with E-state index in [1.54, 1.807) is 0 Å². The first-order valence-corrected chi connectivity index (χ1v) is 26.7. The van der Waals surface area contributed by atoms with Crippen LogP contribution in [-0.4, -0.2) is 78.2 Å². The fraction of sp³-hybridized carbons (Fsp3) is 0.889. The number of unbranched alkanes of at least 4 members (excludes halogenated alkanes) is 32. The zero-order valence-electron chi connectivity index (χ0n) is 39.8. The van der Waals surface area contributed by atoms with Crippen LogP contribution in [0.15, 0.2) is 0 Å². The Morgan fingerprint density at radius 2 is 0.500 bits per heavy atom. The number of rotatable bonds is 50. The van der Waals surface area contributed by atoms with Crippen molar-refractivity contribution in [3.63, 3.8) is 0 Å². The summed E-state index contributed by atoms with van der Waals surface area (Å²) >= 11 is 6.23. The molecule has 0 fully saturated rings. The van der Waals surface area contributed by atoms with Crippen LogP contribution in [0.25, 0.3) is 0 Å². The van der Waals surface area contributed by atoms with Crippen LogP contribution in [0.5, 0.6) is 0 Å². The van der Waals surface area contributed by atoms with Gasteiger partial charge in [-0.1, -0.05) is 167 Å². The van der Waals surface area contributed by atoms with Crippen molar-refractivity contribution in [2.24, 2.45) is 0 Å². The molecule has 0 bridgehead atoms. The first-order valence-electron chi connectivity index (χ1n) is 26.2. The topological polar surface area (TPSA) is 43.9 Å². The number of carbonyl (C=O) groups excluding carboxylic acids is 2. The molecule has 0 aliphatic carbocycles. The molecule has 0 rings (SSSR count). The van der Waals surface area contributed by atoms with E-state index in [-0.39, 0.29) is 0 Å². The molecule has 0 aliphatic rings. The molecule has 0 aromatic carbocycles. The lowest BCUT2D eigenvalue weighted by atomic mass is 10.1. The monoisotopic (exact) mass is 858 g/mol. The van der Waals surface area contributed by atoms with Crippen LogP contribution >= 0.6 is 11.6 Å². The summed E-state index contributed by atoms with van der Waals surface area (Å²) in [5.74, 6) is 1.36. The van der Waals surface area contributed by atoms with E-state index in [0.717, 1.165) is 161 Å². The van der Waals surface area contributed by atoms with Gasteiger partial charge < -0.3 is 14.7 Å². The van der Waals surface area contributed by atoms with E-state index in [1.165, 1.54) is 128 Å². The van der Waals surface area contributed by atoms with Gasteiger partial charge in [-0.05, 0) is 118 Å². The maximum absolute atomic E-state index is 13.4. The Hall–Kier alpha value is -0.810. The largest absolute Gasteiger partial charge is 0.343 e. The second-order valence-corrected chi connectivity index (χ2v) is 18.3. The fourth-order valence-electron chi connectivity index (χ4n) is 8.39. The van der Waals surface area contributed by atoms with Crippen LogP contribution in [0.1, 0.15) is 257 Å². The predicted octanol–water partition coefficient (Wildman–Crippen LogP) is 15.6. The molecular weight excluding hydrogens is 758 g/mol. The molecule has 0 saturated carbocycles. The summed E-state index contributed by atoms with van der Waals surface area (Å²) in [6.07, 6.45) is 45.0. The second-order valence-electron chi connectivity index (χ2n) is 18.0. The Morgan fingerprint density at radius 1 is 0.283 bits per heavy atom. The molecule has 0 saturated heterocycles. The van der Waals surface area contributed by atoms with Crippen molar-refractivity contribution < 1.29 is 9.59 Å². The number of hydrogen-bond donors (Lipinski definition) is 0. The van der Waals surface area contributed by atoms with Crippen LogP contribution in [0.3, 0.4) is 0 Å². The van der Waals surface area contributed by atoms with Gasteiger partial charge in [-0.3, -0.25) is 9.59 Å². The van der Waals surface area contributed by atoms with Crippen molar-refractivity contribution in [2.75, 3.05) is 51.7 Å². The van der Waals surface area contributed by atoms with Gasteiger partial charge in [-0.25, -0.2) is 0 Å². The average Bonchev–Trinajstić information content (AvgIpc) is 3.25. The molecular formula is C54H100ClN3O2. The number of halogens is 1. The summed E-state index contributed by atoms with van der Waals surface area (Å²) in [4.78, 5) is 33.6. The highest BCUT2D eigenvalue weighted by atomic mass is 35.5. The van der Waals surface area contributed by atoms with Crippen molar-refractivity contribution in [1.29, 1.82) is 0 Å². The molecule has 0 atom stereocenters. The minimum atomic E-state index is 0.356. The zero-order valence-corrected chi connectivity index (χ0v) is 40.5. The lowest BCUT2D eigenvalue weighted by Gasteiger charge is -2.24. The number of nitrogens with zero attached hydrogens (tertiary/aromatic N) is 3. The summed E-state index contributed by atoms with van der Waals surface area (Å²) in [6.45, 7) is 29.2. The minimum Gasteiger partial charge on any atom is -0.343 e. The first-order chi connectivity index (χ1) is 29.5. The zero-order chi connectivity index (χ0) is 43.8. The highest BCUT2D eigenvalue weighted by Gasteiger charge is 2.15. The van der Waals surface area contributed by atoms with E-state index in [4.69, 9.17) is 39.3 Å². The van der Waals surface area contributed by atoms with Gasteiger partial charge in [-0.15, -0.1) is 11.6 Å². The molecule has 0 aromatic heterocycles. The van der Waals surface area contributed by atoms with Crippen molar-refractivity contribution in [1.82, 2.24) is 14.7 Å². The van der Waals surface area contributed by atoms with Crippen LogP contribution in [0.4, 0.5) is 0 Å². The lowest BCUT2D eigenvalue weighted by Crippen LogP contribution is -2.33. The van der Waals surface area contributed by atoms with Crippen molar-refractivity contribution in [2.45, 2.75) is 257 Å². The molecule has 0 spiro atoms. The molecule has 350 valence electrons. The standard InChI is InChI=1S/C54H100ClN3O2/c1-5-9-13-17-21-25-29-39-48-57(49-40-30-26-22-18-14-10-6-2)53(59)43-35-33-37-46-56(52-45-55)47-38-34-36-44-54(60)58(50-41-31-27-23-19-15-11-7-3)51-42-32-28-24-20-16-12-8-4/h1-4H,5-52H2. The Kier molecular flexibility index (Phi) is 48.5. The maximum atomic E-state index is 13.4. The summed E-state index contributed by atoms with van der Waals surface area (Å²) in [5, 5.41) is 0. The summed E-state index contributed by atoms with van der Waals surface area (Å²) < 4.78 is 0. The van der Waals surface area contributed by atoms with Gasteiger partial charge in [0.05, 0.1) is 0 Å². The molecule has 6 heteroatoms. The molecule has 60 heavy (non-hydrogen) atoms. The van der Waals surface area contributed by atoms with Crippen molar-refractivity contribution in [3.05, 3.63) is 27.7 Å². The van der Waals surface area contributed by atoms with Crippen molar-refractivity contribution in [3.8, 4) is 0 Å². The maximum Gasteiger partial charge on any atom is 0.222 e. The first kappa shape index (κ1) is 59.2. The number of carbonyl (C=O) groups is 2. The number of hydrogen-bond acceptors (Lipinski definition) is 3. The summed E-state index contributed by atoms with van der Waals surface area (Å²) in [6, 6.07) is 0. The third-order valence-electron chi connectivity index (χ3n) is 12.4. The van der Waals surface area contributed by atoms with Crippen LogP contribution in [0.2, 0.25) is 0 Å². The van der Waals surface area contributed by atoms with E-state index >= 15 is 0 Å². The lowest BCUT2D eigenvalue weighted by molar-refractivity contribution is -0.132. The molecule has 0 aliphatic heterocycles. The van der Waals surface area contributed by atoms with Gasteiger partial charge in [0.1, 0.15) is 0 Å². The van der Waals surface area contributed by atoms with Crippen LogP contribution in [-0.2, 0) is 9.59 Å². The van der Waals surface area contributed by atoms with Crippen molar-refractivity contribution >= 4 is 23.4 Å². The molecule has 0 heterocycles. The third kappa shape index (κ3) is 41.2. The van der Waals surface area contributed by atoms with Gasteiger partial charge in [0.25, 0.3) is 0 Å². The molecule has 0 aromatic rings. The number of alkyl halides is 1. The molecule has 0 unspecified atom stereocenters. The average molecular weight is 859 g/mol. The Morgan fingerprint density at radius 3 is 0.750 bits per heavy atom. The highest BCUT2D eigenvalue weighted by molar-refractivity contribution is 6.18. The normalized spacial score (nSPS) is 11.6. The Balaban J connectivity index is 4.60.